The van der Waals surface area contributed by atoms with E-state index in [1.165, 1.54) is 22.8 Å². The van der Waals surface area contributed by atoms with Crippen LogP contribution in [0.25, 0.3) is 10.9 Å². The van der Waals surface area contributed by atoms with Crippen LogP contribution in [0.5, 0.6) is 0 Å². The van der Waals surface area contributed by atoms with Crippen molar-refractivity contribution in [2.75, 3.05) is 5.32 Å². The highest BCUT2D eigenvalue weighted by Gasteiger charge is 2.20. The molecule has 2 heterocycles. The van der Waals surface area contributed by atoms with Gasteiger partial charge in [0, 0.05) is 29.8 Å². The molecule has 1 unspecified atom stereocenters. The average molecular weight is 361 g/mol. The topological polar surface area (TPSA) is 46.9 Å². The van der Waals surface area contributed by atoms with E-state index < -0.39 is 23.8 Å². The third-order valence-corrected chi connectivity index (χ3v) is 4.36. The fraction of sp³-hybridized carbons (Fsp3) is 0.263. The summed E-state index contributed by atoms with van der Waals surface area (Å²) in [5.41, 5.74) is 0.708. The second kappa shape index (κ2) is 6.82. The number of aromatic nitrogens is 2. The zero-order valence-corrected chi connectivity index (χ0v) is 14.6. The first-order valence-electron chi connectivity index (χ1n) is 8.10. The second-order valence-electron chi connectivity index (χ2n) is 6.19. The van der Waals surface area contributed by atoms with E-state index in [1.54, 1.807) is 33.0 Å². The maximum absolute atomic E-state index is 14.4. The van der Waals surface area contributed by atoms with Gasteiger partial charge >= 0.3 is 0 Å². The summed E-state index contributed by atoms with van der Waals surface area (Å²) in [7, 11) is 1.66. The molecule has 0 saturated carbocycles. The molecular weight excluding hydrogens is 343 g/mol. The molecule has 3 rings (SSSR count). The van der Waals surface area contributed by atoms with Gasteiger partial charge in [0.05, 0.1) is 17.1 Å². The number of pyridine rings is 2. The predicted octanol–water partition coefficient (Wildman–Crippen LogP) is 4.49. The van der Waals surface area contributed by atoms with Crippen LogP contribution >= 0.6 is 0 Å². The Hall–Kier alpha value is -2.83. The van der Waals surface area contributed by atoms with Crippen LogP contribution in [0.1, 0.15) is 36.2 Å². The molecule has 0 amide bonds. The van der Waals surface area contributed by atoms with Gasteiger partial charge in [-0.05, 0) is 26.0 Å². The predicted molar refractivity (Wildman–Crippen MR) is 95.1 cm³/mol. The average Bonchev–Trinajstić information content (AvgIpc) is 2.58. The molecule has 0 saturated heterocycles. The molecule has 1 atom stereocenters. The van der Waals surface area contributed by atoms with Crippen molar-refractivity contribution in [3.63, 3.8) is 0 Å². The molecule has 1 N–H and O–H groups in total. The maximum Gasteiger partial charge on any atom is 0.266 e. The Labute approximate surface area is 148 Å². The van der Waals surface area contributed by atoms with Crippen LogP contribution in [0.2, 0.25) is 0 Å². The van der Waals surface area contributed by atoms with Crippen molar-refractivity contribution in [2.45, 2.75) is 26.3 Å². The quantitative estimate of drug-likeness (QED) is 0.745. The minimum atomic E-state index is -2.88. The molecule has 2 aromatic heterocycles. The van der Waals surface area contributed by atoms with Gasteiger partial charge in [0.25, 0.3) is 12.0 Å². The molecule has 0 spiro atoms. The Morgan fingerprint density at radius 2 is 1.85 bits per heavy atom. The normalized spacial score (nSPS) is 12.6. The zero-order chi connectivity index (χ0) is 19.0. The van der Waals surface area contributed by atoms with E-state index in [1.807, 2.05) is 0 Å². The van der Waals surface area contributed by atoms with Gasteiger partial charge in [0.1, 0.15) is 11.6 Å². The molecule has 7 heteroatoms. The number of nitrogens with zero attached hydrogens (tertiary/aromatic N) is 2. The molecule has 0 fully saturated rings. The number of benzene rings is 1. The second-order valence-corrected chi connectivity index (χ2v) is 6.19. The molecule has 0 aliphatic heterocycles. The zero-order valence-electron chi connectivity index (χ0n) is 14.6. The summed E-state index contributed by atoms with van der Waals surface area (Å²) in [4.78, 5) is 16.3. The molecule has 0 aliphatic rings. The lowest BCUT2D eigenvalue weighted by molar-refractivity contribution is 0.146. The first-order chi connectivity index (χ1) is 12.3. The van der Waals surface area contributed by atoms with Gasteiger partial charge in [-0.1, -0.05) is 18.2 Å². The van der Waals surface area contributed by atoms with Crippen LogP contribution < -0.4 is 10.9 Å². The molecule has 3 aromatic rings. The minimum Gasteiger partial charge on any atom is -0.363 e. The lowest BCUT2D eigenvalue weighted by atomic mass is 10.0. The Balaban J connectivity index is 2.06. The van der Waals surface area contributed by atoms with Crippen LogP contribution in [0.4, 0.5) is 19.0 Å². The van der Waals surface area contributed by atoms with Gasteiger partial charge in [-0.2, -0.15) is 0 Å². The number of anilines is 1. The van der Waals surface area contributed by atoms with E-state index in [0.717, 1.165) is 6.07 Å². The van der Waals surface area contributed by atoms with E-state index in [9.17, 15) is 18.0 Å². The van der Waals surface area contributed by atoms with Crippen LogP contribution in [0, 0.1) is 12.7 Å². The summed E-state index contributed by atoms with van der Waals surface area (Å²) in [6, 6.07) is 8.20. The molecule has 0 bridgehead atoms. The van der Waals surface area contributed by atoms with Crippen molar-refractivity contribution in [3.8, 4) is 0 Å². The highest BCUT2D eigenvalue weighted by Crippen LogP contribution is 2.30. The molecule has 0 radical (unpaired) electrons. The lowest BCUT2D eigenvalue weighted by Crippen LogP contribution is -2.17. The Kier molecular flexibility index (Phi) is 4.71. The minimum absolute atomic E-state index is 0.129. The van der Waals surface area contributed by atoms with Gasteiger partial charge in [-0.25, -0.2) is 18.2 Å². The Morgan fingerprint density at radius 3 is 2.54 bits per heavy atom. The van der Waals surface area contributed by atoms with E-state index in [0.29, 0.717) is 22.4 Å². The van der Waals surface area contributed by atoms with Crippen molar-refractivity contribution in [3.05, 3.63) is 69.4 Å². The summed E-state index contributed by atoms with van der Waals surface area (Å²) in [5.74, 6) is -0.461. The number of hydrogen-bond donors (Lipinski definition) is 1. The van der Waals surface area contributed by atoms with Crippen molar-refractivity contribution in [2.24, 2.45) is 7.05 Å². The van der Waals surface area contributed by atoms with Gasteiger partial charge in [0.2, 0.25) is 0 Å². The summed E-state index contributed by atoms with van der Waals surface area (Å²) >= 11 is 0. The summed E-state index contributed by atoms with van der Waals surface area (Å²) in [6.07, 6.45) is -2.88. The van der Waals surface area contributed by atoms with E-state index in [-0.39, 0.29) is 11.1 Å². The van der Waals surface area contributed by atoms with Gasteiger partial charge < -0.3 is 9.88 Å². The maximum atomic E-state index is 14.4. The Morgan fingerprint density at radius 1 is 1.15 bits per heavy atom. The summed E-state index contributed by atoms with van der Waals surface area (Å²) < 4.78 is 41.8. The van der Waals surface area contributed by atoms with Crippen LogP contribution in [-0.2, 0) is 7.05 Å². The first kappa shape index (κ1) is 18.0. The first-order valence-corrected chi connectivity index (χ1v) is 8.10. The van der Waals surface area contributed by atoms with Crippen LogP contribution in [0.3, 0.4) is 0 Å². The molecule has 0 aliphatic carbocycles. The molecular formula is C19H18F3N3O. The van der Waals surface area contributed by atoms with Crippen molar-refractivity contribution in [1.29, 1.82) is 0 Å². The van der Waals surface area contributed by atoms with E-state index >= 15 is 0 Å². The number of rotatable bonds is 4. The largest absolute Gasteiger partial charge is 0.363 e. The molecule has 26 heavy (non-hydrogen) atoms. The number of alkyl halides is 2. The smallest absolute Gasteiger partial charge is 0.266 e. The van der Waals surface area contributed by atoms with Crippen molar-refractivity contribution < 1.29 is 13.2 Å². The standard InChI is InChI=1S/C19H18F3N3O/c1-10-9-15-13(7-8-16(26)25(15)3)19(23-10)24-11(2)12-5-4-6-14(17(12)20)18(21)22/h4-9,11,18H,1-3H3,(H,23,24). The van der Waals surface area contributed by atoms with Crippen LogP contribution in [-0.4, -0.2) is 9.55 Å². The van der Waals surface area contributed by atoms with Gasteiger partial charge in [-0.15, -0.1) is 0 Å². The highest BCUT2D eigenvalue weighted by atomic mass is 19.3. The number of hydrogen-bond acceptors (Lipinski definition) is 3. The summed E-state index contributed by atoms with van der Waals surface area (Å²) in [5, 5.41) is 3.77. The number of aryl methyl sites for hydroxylation is 2. The number of nitrogens with one attached hydrogen (secondary N) is 1. The summed E-state index contributed by atoms with van der Waals surface area (Å²) in [6.45, 7) is 3.45. The van der Waals surface area contributed by atoms with E-state index in [2.05, 4.69) is 10.3 Å². The fourth-order valence-electron chi connectivity index (χ4n) is 2.96. The van der Waals surface area contributed by atoms with Crippen molar-refractivity contribution in [1.82, 2.24) is 9.55 Å². The van der Waals surface area contributed by atoms with Crippen LogP contribution in [0.15, 0.2) is 41.2 Å². The van der Waals surface area contributed by atoms with Crippen molar-refractivity contribution >= 4 is 16.7 Å². The molecule has 136 valence electrons. The Bertz CT molecular complexity index is 1030. The number of fused-ring (bicyclic) bond motifs is 1. The molecule has 4 nitrogen and oxygen atoms in total. The highest BCUT2D eigenvalue weighted by molar-refractivity contribution is 5.89. The van der Waals surface area contributed by atoms with E-state index in [4.69, 9.17) is 0 Å². The third-order valence-electron chi connectivity index (χ3n) is 4.36. The van der Waals surface area contributed by atoms with Gasteiger partial charge in [0.15, 0.2) is 0 Å². The lowest BCUT2D eigenvalue weighted by Gasteiger charge is -2.19. The third kappa shape index (κ3) is 3.16. The monoisotopic (exact) mass is 361 g/mol. The molecule has 1 aromatic carbocycles. The van der Waals surface area contributed by atoms with Gasteiger partial charge in [-0.3, -0.25) is 4.79 Å². The fourth-order valence-corrected chi connectivity index (χ4v) is 2.96. The SMILES string of the molecule is Cc1cc2c(ccc(=O)n2C)c(NC(C)c2cccc(C(F)F)c2F)n1. The number of halogens is 3.